The number of nitrogens with zero attached hydrogens (tertiary/aromatic N) is 1. The van der Waals surface area contributed by atoms with Crippen LogP contribution in [-0.4, -0.2) is 34.1 Å². The van der Waals surface area contributed by atoms with Crippen LogP contribution in [-0.2, 0) is 9.59 Å². The fourth-order valence-corrected chi connectivity index (χ4v) is 5.37. The molecule has 2 aromatic rings. The zero-order valence-corrected chi connectivity index (χ0v) is 21.7. The minimum absolute atomic E-state index is 0.0996. The van der Waals surface area contributed by atoms with Gasteiger partial charge in [-0.15, -0.1) is 23.2 Å². The summed E-state index contributed by atoms with van der Waals surface area (Å²) in [4.78, 5) is 37.8. The van der Waals surface area contributed by atoms with Crippen molar-refractivity contribution in [2.24, 2.45) is 11.8 Å². The van der Waals surface area contributed by atoms with Crippen LogP contribution in [0, 0.1) is 11.8 Å². The Morgan fingerprint density at radius 2 is 1.68 bits per heavy atom. The van der Waals surface area contributed by atoms with Crippen molar-refractivity contribution < 1.29 is 14.4 Å². The number of halogens is 5. The van der Waals surface area contributed by atoms with E-state index in [-0.39, 0.29) is 16.5 Å². The quantitative estimate of drug-likeness (QED) is 0.331. The first-order valence-corrected chi connectivity index (χ1v) is 12.4. The fraction of sp³-hybridized carbons (Fsp3) is 0.348. The maximum Gasteiger partial charge on any atom is 0.271 e. The van der Waals surface area contributed by atoms with E-state index < -0.39 is 28.0 Å². The molecule has 2 aromatic carbocycles. The lowest BCUT2D eigenvalue weighted by Crippen LogP contribution is -2.43. The first-order chi connectivity index (χ1) is 16.0. The number of carbonyl (C=O) groups excluding carboxylic acids is 3. The molecule has 0 heterocycles. The summed E-state index contributed by atoms with van der Waals surface area (Å²) in [5, 5.41) is 4.87. The van der Waals surface area contributed by atoms with Gasteiger partial charge in [0.1, 0.15) is 4.33 Å². The van der Waals surface area contributed by atoms with E-state index in [2.05, 4.69) is 10.7 Å². The highest BCUT2D eigenvalue weighted by Crippen LogP contribution is 2.65. The molecule has 180 valence electrons. The van der Waals surface area contributed by atoms with E-state index in [0.717, 1.165) is 17.9 Å². The molecule has 11 heteroatoms. The predicted octanol–water partition coefficient (Wildman–Crippen LogP) is 6.08. The van der Waals surface area contributed by atoms with E-state index in [9.17, 15) is 14.4 Å². The Labute approximate surface area is 221 Å². The Morgan fingerprint density at radius 1 is 1.03 bits per heavy atom. The van der Waals surface area contributed by atoms with Gasteiger partial charge < -0.3 is 5.32 Å². The maximum atomic E-state index is 13.0. The number of hydrogen-bond donors (Lipinski definition) is 2. The lowest BCUT2D eigenvalue weighted by atomic mass is 10.1. The summed E-state index contributed by atoms with van der Waals surface area (Å²) in [6.45, 7) is 0. The van der Waals surface area contributed by atoms with E-state index >= 15 is 0 Å². The van der Waals surface area contributed by atoms with Crippen molar-refractivity contribution in [3.8, 4) is 0 Å². The highest BCUT2D eigenvalue weighted by Gasteiger charge is 2.67. The Hall–Kier alpha value is -1.70. The average Bonchev–Trinajstić information content (AvgIpc) is 3.64. The number of anilines is 1. The molecule has 0 bridgehead atoms. The lowest BCUT2D eigenvalue weighted by molar-refractivity contribution is -0.132. The molecule has 2 saturated carbocycles. The number of hydrazine groups is 1. The third-order valence-corrected chi connectivity index (χ3v) is 7.57. The SMILES string of the molecule is CN(NC(=O)c1cc(NC(=O)[C@H]2[C@H](c3cc(Cl)cc(Cl)c3)C2(Cl)Cl)ccc1Cl)C(=O)CC1CC1. The van der Waals surface area contributed by atoms with E-state index in [1.165, 1.54) is 19.2 Å². The van der Waals surface area contributed by atoms with Crippen molar-refractivity contribution >= 4 is 81.4 Å². The first kappa shape index (κ1) is 25.4. The van der Waals surface area contributed by atoms with Crippen LogP contribution >= 0.6 is 58.0 Å². The summed E-state index contributed by atoms with van der Waals surface area (Å²) in [7, 11) is 1.48. The van der Waals surface area contributed by atoms with E-state index in [0.29, 0.717) is 33.6 Å². The molecule has 2 fully saturated rings. The van der Waals surface area contributed by atoms with Crippen LogP contribution in [0.25, 0.3) is 0 Å². The van der Waals surface area contributed by atoms with Crippen LogP contribution in [0.5, 0.6) is 0 Å². The van der Waals surface area contributed by atoms with Crippen molar-refractivity contribution in [2.45, 2.75) is 29.5 Å². The molecule has 2 N–H and O–H groups in total. The van der Waals surface area contributed by atoms with Crippen LogP contribution in [0.1, 0.15) is 41.1 Å². The Morgan fingerprint density at radius 3 is 2.29 bits per heavy atom. The van der Waals surface area contributed by atoms with Crippen molar-refractivity contribution in [3.63, 3.8) is 0 Å². The summed E-state index contributed by atoms with van der Waals surface area (Å²) in [6, 6.07) is 9.36. The molecule has 2 atom stereocenters. The lowest BCUT2D eigenvalue weighted by Gasteiger charge is -2.19. The van der Waals surface area contributed by atoms with Gasteiger partial charge in [0.05, 0.1) is 16.5 Å². The van der Waals surface area contributed by atoms with Crippen molar-refractivity contribution in [3.05, 3.63) is 62.6 Å². The second kappa shape index (κ2) is 9.75. The van der Waals surface area contributed by atoms with Gasteiger partial charge in [-0.05, 0) is 60.7 Å². The number of amides is 3. The molecule has 2 aliphatic rings. The third-order valence-electron chi connectivity index (χ3n) is 5.86. The van der Waals surface area contributed by atoms with Crippen LogP contribution in [0.15, 0.2) is 36.4 Å². The second-order valence-electron chi connectivity index (χ2n) is 8.56. The summed E-state index contributed by atoms with van der Waals surface area (Å²) < 4.78 is -1.34. The average molecular weight is 564 g/mol. The molecule has 0 unspecified atom stereocenters. The Kier molecular flexibility index (Phi) is 7.28. The van der Waals surface area contributed by atoms with Gasteiger partial charge in [0.2, 0.25) is 11.8 Å². The number of nitrogens with one attached hydrogen (secondary N) is 2. The minimum Gasteiger partial charge on any atom is -0.326 e. The molecular weight excluding hydrogens is 544 g/mol. The third kappa shape index (κ3) is 5.58. The van der Waals surface area contributed by atoms with Crippen LogP contribution in [0.4, 0.5) is 5.69 Å². The van der Waals surface area contributed by atoms with Gasteiger partial charge in [-0.1, -0.05) is 34.8 Å². The summed E-state index contributed by atoms with van der Waals surface area (Å²) in [5.41, 5.74) is 3.59. The molecule has 4 rings (SSSR count). The van der Waals surface area contributed by atoms with Crippen LogP contribution in [0.3, 0.4) is 0 Å². The number of rotatable bonds is 6. The zero-order valence-electron chi connectivity index (χ0n) is 17.9. The van der Waals surface area contributed by atoms with Gasteiger partial charge in [-0.3, -0.25) is 24.8 Å². The standard InChI is InChI=1S/C23H20Cl5N3O3/c1-31(18(32)6-11-2-3-11)30-21(33)16-10-15(4-5-17(16)26)29-22(34)20-19(23(20,27)28)12-7-13(24)9-14(25)8-12/h4-5,7-11,19-20H,2-3,6H2,1H3,(H,29,34)(H,30,33)/t19-,20+/m0/s1. The number of carbonyl (C=O) groups is 3. The highest BCUT2D eigenvalue weighted by molar-refractivity contribution is 6.53. The number of hydrogen-bond acceptors (Lipinski definition) is 3. The zero-order chi connectivity index (χ0) is 24.8. The molecule has 0 aliphatic heterocycles. The predicted molar refractivity (Wildman–Crippen MR) is 135 cm³/mol. The second-order valence-corrected chi connectivity index (χ2v) is 11.3. The Bertz CT molecular complexity index is 1150. The molecule has 2 aliphatic carbocycles. The first-order valence-electron chi connectivity index (χ1n) is 10.5. The maximum absolute atomic E-state index is 13.0. The van der Waals surface area contributed by atoms with Crippen molar-refractivity contribution in [1.82, 2.24) is 10.4 Å². The molecule has 3 amide bonds. The van der Waals surface area contributed by atoms with Gasteiger partial charge in [-0.2, -0.15) is 0 Å². The minimum atomic E-state index is -1.34. The molecular formula is C23H20Cl5N3O3. The Balaban J connectivity index is 1.44. The normalized spacial score (nSPS) is 20.4. The summed E-state index contributed by atoms with van der Waals surface area (Å²) in [5.74, 6) is -2.07. The monoisotopic (exact) mass is 561 g/mol. The molecule has 34 heavy (non-hydrogen) atoms. The summed E-state index contributed by atoms with van der Waals surface area (Å²) in [6.07, 6.45) is 2.44. The van der Waals surface area contributed by atoms with E-state index in [4.69, 9.17) is 58.0 Å². The molecule has 0 aromatic heterocycles. The summed E-state index contributed by atoms with van der Waals surface area (Å²) >= 11 is 31.1. The molecule has 0 spiro atoms. The molecule has 6 nitrogen and oxygen atoms in total. The van der Waals surface area contributed by atoms with Gasteiger partial charge in [0.15, 0.2) is 0 Å². The van der Waals surface area contributed by atoms with Crippen molar-refractivity contribution in [1.29, 1.82) is 0 Å². The fourth-order valence-electron chi connectivity index (χ4n) is 3.80. The number of alkyl halides is 2. The molecule has 0 radical (unpaired) electrons. The number of benzene rings is 2. The highest BCUT2D eigenvalue weighted by atomic mass is 35.5. The molecule has 0 saturated heterocycles. The van der Waals surface area contributed by atoms with Gasteiger partial charge >= 0.3 is 0 Å². The smallest absolute Gasteiger partial charge is 0.271 e. The topological polar surface area (TPSA) is 78.5 Å². The van der Waals surface area contributed by atoms with Crippen LogP contribution in [0.2, 0.25) is 15.1 Å². The van der Waals surface area contributed by atoms with E-state index in [1.807, 2.05) is 0 Å². The largest absolute Gasteiger partial charge is 0.326 e. The van der Waals surface area contributed by atoms with Crippen molar-refractivity contribution in [2.75, 3.05) is 12.4 Å². The van der Waals surface area contributed by atoms with Gasteiger partial charge in [0, 0.05) is 35.1 Å². The van der Waals surface area contributed by atoms with E-state index in [1.54, 1.807) is 24.3 Å². The van der Waals surface area contributed by atoms with Gasteiger partial charge in [-0.25, -0.2) is 0 Å². The van der Waals surface area contributed by atoms with Crippen LogP contribution < -0.4 is 10.7 Å². The van der Waals surface area contributed by atoms with Gasteiger partial charge in [0.25, 0.3) is 5.91 Å².